The average molecular weight is 269 g/mol. The van der Waals surface area contributed by atoms with Crippen LogP contribution in [0.5, 0.6) is 0 Å². The maximum absolute atomic E-state index is 10.9. The Balaban J connectivity index is 2.28. The normalized spacial score (nSPS) is 22.7. The molecule has 0 heterocycles. The van der Waals surface area contributed by atoms with Crippen molar-refractivity contribution < 1.29 is 8.42 Å². The molecule has 0 aromatic rings. The molecule has 0 amide bonds. The van der Waals surface area contributed by atoms with E-state index in [4.69, 9.17) is 0 Å². The highest BCUT2D eigenvalue weighted by Gasteiger charge is 2.45. The van der Waals surface area contributed by atoms with Crippen molar-refractivity contribution in [3.05, 3.63) is 0 Å². The zero-order valence-corrected chi connectivity index (χ0v) is 10.6. The highest BCUT2D eigenvalue weighted by molar-refractivity contribution is 9.09. The van der Waals surface area contributed by atoms with Gasteiger partial charge in [0.15, 0.2) is 0 Å². The van der Waals surface area contributed by atoms with E-state index >= 15 is 0 Å². The summed E-state index contributed by atoms with van der Waals surface area (Å²) in [6.07, 6.45) is 5.68. The van der Waals surface area contributed by atoms with Gasteiger partial charge in [-0.05, 0) is 31.1 Å². The summed E-state index contributed by atoms with van der Waals surface area (Å²) in [6, 6.07) is 0. The minimum Gasteiger partial charge on any atom is -0.229 e. The van der Waals surface area contributed by atoms with Crippen molar-refractivity contribution in [3.63, 3.8) is 0 Å². The number of alkyl halides is 1. The fraction of sp³-hybridized carbons (Fsp3) is 1.00. The molecule has 0 aliphatic heterocycles. The summed E-state index contributed by atoms with van der Waals surface area (Å²) in [4.78, 5) is 0.527. The van der Waals surface area contributed by atoms with Gasteiger partial charge in [-0.3, -0.25) is 0 Å². The minimum atomic E-state index is -2.76. The van der Waals surface area contributed by atoms with Crippen molar-refractivity contribution in [2.24, 2.45) is 5.41 Å². The first-order valence-corrected chi connectivity index (χ1v) is 7.65. The van der Waals surface area contributed by atoms with Crippen LogP contribution in [0.1, 0.15) is 32.6 Å². The van der Waals surface area contributed by atoms with E-state index in [9.17, 15) is 8.42 Å². The van der Waals surface area contributed by atoms with Crippen molar-refractivity contribution >= 4 is 25.8 Å². The van der Waals surface area contributed by atoms with Crippen LogP contribution in [0.3, 0.4) is 0 Å². The van der Waals surface area contributed by atoms with Crippen LogP contribution < -0.4 is 0 Å². The lowest BCUT2D eigenvalue weighted by Gasteiger charge is -2.17. The molecular formula is C9H17BrO2S. The van der Waals surface area contributed by atoms with Crippen LogP contribution in [-0.2, 0) is 9.84 Å². The quantitative estimate of drug-likeness (QED) is 0.718. The van der Waals surface area contributed by atoms with E-state index in [1.54, 1.807) is 0 Å². The van der Waals surface area contributed by atoms with Crippen molar-refractivity contribution in [2.45, 2.75) is 37.4 Å². The van der Waals surface area contributed by atoms with E-state index in [0.29, 0.717) is 16.0 Å². The van der Waals surface area contributed by atoms with Gasteiger partial charge in [-0.2, -0.15) is 0 Å². The van der Waals surface area contributed by atoms with E-state index in [0.717, 1.165) is 12.8 Å². The molecule has 0 aromatic heterocycles. The van der Waals surface area contributed by atoms with Crippen molar-refractivity contribution in [1.29, 1.82) is 0 Å². The minimum absolute atomic E-state index is 0.342. The molecule has 1 fully saturated rings. The second kappa shape index (κ2) is 3.89. The Bertz CT molecular complexity index is 265. The number of rotatable bonds is 5. The SMILES string of the molecule is CC(Br)C1(CCCS(C)(=O)=O)CC1. The van der Waals surface area contributed by atoms with E-state index in [1.165, 1.54) is 19.1 Å². The number of hydrogen-bond acceptors (Lipinski definition) is 2. The molecule has 0 spiro atoms. The van der Waals surface area contributed by atoms with Crippen molar-refractivity contribution in [1.82, 2.24) is 0 Å². The molecule has 0 bridgehead atoms. The first-order valence-electron chi connectivity index (χ1n) is 4.68. The zero-order chi connectivity index (χ0) is 10.1. The Morgan fingerprint density at radius 1 is 1.46 bits per heavy atom. The molecule has 4 heteroatoms. The lowest BCUT2D eigenvalue weighted by Crippen LogP contribution is -2.14. The summed E-state index contributed by atoms with van der Waals surface area (Å²) < 4.78 is 21.8. The van der Waals surface area contributed by atoms with Gasteiger partial charge in [0.1, 0.15) is 9.84 Å². The molecule has 2 nitrogen and oxygen atoms in total. The molecule has 1 rings (SSSR count). The molecule has 1 aliphatic rings. The molecule has 0 aromatic carbocycles. The highest BCUT2D eigenvalue weighted by atomic mass is 79.9. The standard InChI is InChI=1S/C9H17BrO2S/c1-8(10)9(5-6-9)4-3-7-13(2,11)12/h8H,3-7H2,1-2H3. The Labute approximate surface area is 89.1 Å². The average Bonchev–Trinajstić information content (AvgIpc) is 2.65. The summed E-state index contributed by atoms with van der Waals surface area (Å²) in [5, 5.41) is 0. The van der Waals surface area contributed by atoms with Crippen molar-refractivity contribution in [3.8, 4) is 0 Å². The molecule has 1 atom stereocenters. The largest absolute Gasteiger partial charge is 0.229 e. The summed E-state index contributed by atoms with van der Waals surface area (Å²) in [6.45, 7) is 2.16. The van der Waals surface area contributed by atoms with Gasteiger partial charge < -0.3 is 0 Å². The van der Waals surface area contributed by atoms with E-state index in [1.807, 2.05) is 0 Å². The van der Waals surface area contributed by atoms with Crippen LogP contribution in [0, 0.1) is 5.41 Å². The van der Waals surface area contributed by atoms with Gasteiger partial charge in [0, 0.05) is 16.8 Å². The van der Waals surface area contributed by atoms with Crippen LogP contribution in [0.2, 0.25) is 0 Å². The molecule has 1 aliphatic carbocycles. The van der Waals surface area contributed by atoms with Crippen LogP contribution in [0.15, 0.2) is 0 Å². The molecule has 78 valence electrons. The van der Waals surface area contributed by atoms with Gasteiger partial charge in [-0.15, -0.1) is 0 Å². The van der Waals surface area contributed by atoms with Gasteiger partial charge in [-0.25, -0.2) is 8.42 Å². The molecule has 1 saturated carbocycles. The summed E-state index contributed by atoms with van der Waals surface area (Å²) in [7, 11) is -2.76. The Hall–Kier alpha value is 0.430. The fourth-order valence-corrected chi connectivity index (χ4v) is 3.05. The highest BCUT2D eigenvalue weighted by Crippen LogP contribution is 2.54. The third-order valence-corrected chi connectivity index (χ3v) is 4.93. The third kappa shape index (κ3) is 3.58. The van der Waals surface area contributed by atoms with E-state index in [2.05, 4.69) is 22.9 Å². The van der Waals surface area contributed by atoms with E-state index < -0.39 is 9.84 Å². The van der Waals surface area contributed by atoms with Crippen molar-refractivity contribution in [2.75, 3.05) is 12.0 Å². The van der Waals surface area contributed by atoms with Crippen LogP contribution >= 0.6 is 15.9 Å². The molecule has 0 radical (unpaired) electrons. The maximum atomic E-state index is 10.9. The Morgan fingerprint density at radius 3 is 2.31 bits per heavy atom. The molecule has 0 N–H and O–H groups in total. The van der Waals surface area contributed by atoms with Gasteiger partial charge in [-0.1, -0.05) is 22.9 Å². The number of halogens is 1. The smallest absolute Gasteiger partial charge is 0.147 e. The first-order chi connectivity index (χ1) is 5.86. The zero-order valence-electron chi connectivity index (χ0n) is 8.22. The van der Waals surface area contributed by atoms with Crippen LogP contribution in [0.25, 0.3) is 0 Å². The number of sulfone groups is 1. The second-order valence-electron chi connectivity index (χ2n) is 4.21. The lowest BCUT2D eigenvalue weighted by atomic mass is 9.98. The van der Waals surface area contributed by atoms with Gasteiger partial charge >= 0.3 is 0 Å². The Kier molecular flexibility index (Phi) is 3.44. The third-order valence-electron chi connectivity index (χ3n) is 2.93. The van der Waals surface area contributed by atoms with Gasteiger partial charge in [0.05, 0.1) is 0 Å². The maximum Gasteiger partial charge on any atom is 0.147 e. The van der Waals surface area contributed by atoms with Gasteiger partial charge in [0.25, 0.3) is 0 Å². The molecule has 13 heavy (non-hydrogen) atoms. The first kappa shape index (κ1) is 11.5. The predicted octanol–water partition coefficient (Wildman–Crippen LogP) is 2.37. The predicted molar refractivity (Wildman–Crippen MR) is 59.0 cm³/mol. The van der Waals surface area contributed by atoms with Crippen LogP contribution in [0.4, 0.5) is 0 Å². The number of hydrogen-bond donors (Lipinski definition) is 0. The topological polar surface area (TPSA) is 34.1 Å². The summed E-state index contributed by atoms with van der Waals surface area (Å²) >= 11 is 3.59. The molecular weight excluding hydrogens is 252 g/mol. The second-order valence-corrected chi connectivity index (χ2v) is 7.85. The van der Waals surface area contributed by atoms with Gasteiger partial charge in [0.2, 0.25) is 0 Å². The Morgan fingerprint density at radius 2 is 2.00 bits per heavy atom. The monoisotopic (exact) mass is 268 g/mol. The molecule has 0 saturated heterocycles. The summed E-state index contributed by atoms with van der Waals surface area (Å²) in [5.74, 6) is 0.342. The molecule has 1 unspecified atom stereocenters. The summed E-state index contributed by atoms with van der Waals surface area (Å²) in [5.41, 5.74) is 0.421. The van der Waals surface area contributed by atoms with E-state index in [-0.39, 0.29) is 0 Å². The van der Waals surface area contributed by atoms with Crippen LogP contribution in [-0.4, -0.2) is 25.3 Å². The lowest BCUT2D eigenvalue weighted by molar-refractivity contribution is 0.460. The fourth-order valence-electron chi connectivity index (χ4n) is 1.69.